The molecule has 25 heavy (non-hydrogen) atoms. The van der Waals surface area contributed by atoms with Crippen LogP contribution in [-0.4, -0.2) is 15.7 Å². The Labute approximate surface area is 144 Å². The largest absolute Gasteiger partial charge is 0.457 e. The van der Waals surface area contributed by atoms with Gasteiger partial charge in [0.25, 0.3) is 5.56 Å². The summed E-state index contributed by atoms with van der Waals surface area (Å²) >= 11 is 0. The number of hydrogen-bond acceptors (Lipinski definition) is 5. The Hall–Kier alpha value is -3.15. The lowest BCUT2D eigenvalue weighted by Crippen LogP contribution is -2.15. The van der Waals surface area contributed by atoms with Crippen molar-refractivity contribution in [3.63, 3.8) is 0 Å². The first-order valence-corrected chi connectivity index (χ1v) is 8.21. The molecule has 0 aliphatic carbocycles. The molecule has 6 nitrogen and oxygen atoms in total. The van der Waals surface area contributed by atoms with Gasteiger partial charge in [-0.15, -0.1) is 0 Å². The summed E-state index contributed by atoms with van der Waals surface area (Å²) in [5.41, 5.74) is 1.36. The van der Waals surface area contributed by atoms with Gasteiger partial charge in [-0.25, -0.2) is 4.98 Å². The number of rotatable bonds is 4. The minimum Gasteiger partial charge on any atom is -0.457 e. The lowest BCUT2D eigenvalue weighted by molar-refractivity contribution is 0.0792. The molecule has 0 fully saturated rings. The van der Waals surface area contributed by atoms with E-state index in [0.29, 0.717) is 34.6 Å². The van der Waals surface area contributed by atoms with Gasteiger partial charge in [0.1, 0.15) is 11.5 Å². The Balaban J connectivity index is 1.65. The van der Waals surface area contributed by atoms with Gasteiger partial charge in [0.2, 0.25) is 0 Å². The zero-order chi connectivity index (χ0) is 17.2. The van der Waals surface area contributed by atoms with Crippen molar-refractivity contribution < 1.29 is 9.57 Å². The molecule has 1 aromatic heterocycles. The Kier molecular flexibility index (Phi) is 3.93. The lowest BCUT2D eigenvalue weighted by Gasteiger charge is -2.09. The van der Waals surface area contributed by atoms with Gasteiger partial charge >= 0.3 is 0 Å². The van der Waals surface area contributed by atoms with Crippen molar-refractivity contribution in [1.29, 1.82) is 0 Å². The second-order valence-corrected chi connectivity index (χ2v) is 5.85. The minimum atomic E-state index is -0.327. The summed E-state index contributed by atoms with van der Waals surface area (Å²) in [4.78, 5) is 25.2. The maximum Gasteiger partial charge on any atom is 0.259 e. The van der Waals surface area contributed by atoms with Crippen LogP contribution >= 0.6 is 0 Å². The van der Waals surface area contributed by atoms with E-state index in [0.717, 1.165) is 12.1 Å². The van der Waals surface area contributed by atoms with Gasteiger partial charge in [-0.1, -0.05) is 30.3 Å². The standard InChI is InChI=1S/C19H17N3O3/c1-2-12-10-17(25-22-12)18-20-16-9-8-14(11-15(16)19(23)21-18)24-13-6-4-3-5-7-13/h3-9,11,17H,2,10H2,1H3,(H,20,21,23)/t17-/m0/s1. The van der Waals surface area contributed by atoms with Crippen molar-refractivity contribution in [2.75, 3.05) is 0 Å². The van der Waals surface area contributed by atoms with Crippen LogP contribution in [0.2, 0.25) is 0 Å². The van der Waals surface area contributed by atoms with Crippen LogP contribution in [0.3, 0.4) is 0 Å². The number of H-pyrrole nitrogens is 1. The highest BCUT2D eigenvalue weighted by molar-refractivity contribution is 5.85. The fourth-order valence-electron chi connectivity index (χ4n) is 2.76. The van der Waals surface area contributed by atoms with Crippen molar-refractivity contribution in [2.45, 2.75) is 25.9 Å². The number of benzene rings is 2. The molecule has 2 aromatic carbocycles. The Morgan fingerprint density at radius 1 is 1.20 bits per heavy atom. The molecular weight excluding hydrogens is 318 g/mol. The van der Waals surface area contributed by atoms with Crippen molar-refractivity contribution in [2.24, 2.45) is 5.16 Å². The van der Waals surface area contributed by atoms with Crippen LogP contribution in [-0.2, 0) is 4.84 Å². The molecule has 3 aromatic rings. The van der Waals surface area contributed by atoms with E-state index in [1.807, 2.05) is 37.3 Å². The predicted octanol–water partition coefficient (Wildman–Crippen LogP) is 3.94. The predicted molar refractivity (Wildman–Crippen MR) is 95.0 cm³/mol. The third kappa shape index (κ3) is 3.10. The van der Waals surface area contributed by atoms with E-state index in [2.05, 4.69) is 15.1 Å². The van der Waals surface area contributed by atoms with Gasteiger partial charge in [0.15, 0.2) is 11.9 Å². The molecule has 1 aliphatic heterocycles. The molecule has 0 amide bonds. The van der Waals surface area contributed by atoms with Crippen molar-refractivity contribution in [3.8, 4) is 11.5 Å². The van der Waals surface area contributed by atoms with E-state index >= 15 is 0 Å². The quantitative estimate of drug-likeness (QED) is 0.783. The Morgan fingerprint density at radius 2 is 2.04 bits per heavy atom. The molecule has 0 saturated heterocycles. The summed E-state index contributed by atoms with van der Waals surface area (Å²) in [6.45, 7) is 2.02. The fraction of sp³-hybridized carbons (Fsp3) is 0.211. The lowest BCUT2D eigenvalue weighted by atomic mass is 10.1. The maximum atomic E-state index is 12.5. The van der Waals surface area contributed by atoms with Crippen LogP contribution in [0.1, 0.15) is 31.7 Å². The molecule has 126 valence electrons. The number of fused-ring (bicyclic) bond motifs is 1. The van der Waals surface area contributed by atoms with E-state index in [-0.39, 0.29) is 11.7 Å². The van der Waals surface area contributed by atoms with Crippen molar-refractivity contribution in [3.05, 3.63) is 64.7 Å². The van der Waals surface area contributed by atoms with Gasteiger partial charge in [0.05, 0.1) is 16.6 Å². The molecule has 0 spiro atoms. The molecule has 1 aliphatic rings. The van der Waals surface area contributed by atoms with Gasteiger partial charge in [-0.2, -0.15) is 0 Å². The van der Waals surface area contributed by atoms with Crippen molar-refractivity contribution >= 4 is 16.6 Å². The molecule has 0 bridgehead atoms. The first-order valence-electron chi connectivity index (χ1n) is 8.21. The fourth-order valence-corrected chi connectivity index (χ4v) is 2.76. The number of aromatic amines is 1. The second-order valence-electron chi connectivity index (χ2n) is 5.85. The third-order valence-electron chi connectivity index (χ3n) is 4.12. The summed E-state index contributed by atoms with van der Waals surface area (Å²) in [6, 6.07) is 14.7. The van der Waals surface area contributed by atoms with E-state index < -0.39 is 0 Å². The van der Waals surface area contributed by atoms with E-state index in [1.165, 1.54) is 0 Å². The summed E-state index contributed by atoms with van der Waals surface area (Å²) in [7, 11) is 0. The zero-order valence-corrected chi connectivity index (χ0v) is 13.7. The number of para-hydroxylation sites is 1. The molecule has 0 radical (unpaired) electrons. The highest BCUT2D eigenvalue weighted by atomic mass is 16.6. The number of nitrogens with one attached hydrogen (secondary N) is 1. The van der Waals surface area contributed by atoms with Gasteiger partial charge in [-0.05, 0) is 36.8 Å². The summed E-state index contributed by atoms with van der Waals surface area (Å²) < 4.78 is 5.78. The monoisotopic (exact) mass is 335 g/mol. The number of hydrogen-bond donors (Lipinski definition) is 1. The summed E-state index contributed by atoms with van der Waals surface area (Å²) in [5.74, 6) is 1.81. The van der Waals surface area contributed by atoms with Gasteiger partial charge < -0.3 is 14.6 Å². The second kappa shape index (κ2) is 6.39. The van der Waals surface area contributed by atoms with Gasteiger partial charge in [0, 0.05) is 6.42 Å². The number of aromatic nitrogens is 2. The highest BCUT2D eigenvalue weighted by Gasteiger charge is 2.24. The molecule has 6 heteroatoms. The van der Waals surface area contributed by atoms with Crippen LogP contribution in [0.15, 0.2) is 58.5 Å². The van der Waals surface area contributed by atoms with Crippen LogP contribution in [0.25, 0.3) is 10.9 Å². The smallest absolute Gasteiger partial charge is 0.259 e. The Morgan fingerprint density at radius 3 is 2.80 bits per heavy atom. The molecule has 0 saturated carbocycles. The number of oxime groups is 1. The number of ether oxygens (including phenoxy) is 1. The van der Waals surface area contributed by atoms with Crippen molar-refractivity contribution in [1.82, 2.24) is 9.97 Å². The summed E-state index contributed by atoms with van der Waals surface area (Å²) in [6.07, 6.45) is 1.15. The molecule has 1 atom stereocenters. The molecule has 4 rings (SSSR count). The first-order chi connectivity index (χ1) is 12.2. The van der Waals surface area contributed by atoms with E-state index in [1.54, 1.807) is 18.2 Å². The maximum absolute atomic E-state index is 12.5. The van der Waals surface area contributed by atoms with Crippen LogP contribution < -0.4 is 10.3 Å². The zero-order valence-electron chi connectivity index (χ0n) is 13.7. The average molecular weight is 335 g/mol. The van der Waals surface area contributed by atoms with Crippen LogP contribution in [0, 0.1) is 0 Å². The summed E-state index contributed by atoms with van der Waals surface area (Å²) in [5, 5.41) is 4.50. The van der Waals surface area contributed by atoms with Gasteiger partial charge in [-0.3, -0.25) is 4.79 Å². The van der Waals surface area contributed by atoms with E-state index in [9.17, 15) is 4.79 Å². The van der Waals surface area contributed by atoms with E-state index in [4.69, 9.17) is 9.57 Å². The average Bonchev–Trinajstić information content (AvgIpc) is 3.12. The normalized spacial score (nSPS) is 16.5. The molecule has 1 N–H and O–H groups in total. The Bertz CT molecular complexity index is 996. The number of nitrogens with zero attached hydrogens (tertiary/aromatic N) is 2. The highest BCUT2D eigenvalue weighted by Crippen LogP contribution is 2.27. The topological polar surface area (TPSA) is 76.6 Å². The third-order valence-corrected chi connectivity index (χ3v) is 4.12. The minimum absolute atomic E-state index is 0.216. The SMILES string of the molecule is CCC1=NO[C@H](c2nc3ccc(Oc4ccccc4)cc3c(=O)[nH]2)C1. The molecular formula is C19H17N3O3. The molecule has 0 unspecified atom stereocenters. The van der Waals surface area contributed by atoms with Crippen LogP contribution in [0.4, 0.5) is 0 Å². The molecule has 2 heterocycles. The van der Waals surface area contributed by atoms with Crippen LogP contribution in [0.5, 0.6) is 11.5 Å². The first kappa shape index (κ1) is 15.4.